The van der Waals surface area contributed by atoms with Gasteiger partial charge in [0.25, 0.3) is 0 Å². The summed E-state index contributed by atoms with van der Waals surface area (Å²) in [5.74, 6) is 1.27. The van der Waals surface area contributed by atoms with Crippen molar-refractivity contribution in [2.24, 2.45) is 0 Å². The van der Waals surface area contributed by atoms with Crippen molar-refractivity contribution in [3.8, 4) is 23.0 Å². The van der Waals surface area contributed by atoms with Gasteiger partial charge in [-0.3, -0.25) is 0 Å². The molecule has 4 aromatic carbocycles. The lowest BCUT2D eigenvalue weighted by Crippen LogP contribution is -2.10. The van der Waals surface area contributed by atoms with Crippen molar-refractivity contribution in [1.29, 1.82) is 0 Å². The lowest BCUT2D eigenvalue weighted by molar-refractivity contribution is 0.386. The fourth-order valence-corrected chi connectivity index (χ4v) is 5.09. The molecule has 256 valence electrons. The quantitative estimate of drug-likeness (QED) is 0.125. The van der Waals surface area contributed by atoms with E-state index in [1.165, 1.54) is 0 Å². The summed E-state index contributed by atoms with van der Waals surface area (Å²) < 4.78 is 0. The zero-order valence-corrected chi connectivity index (χ0v) is 29.6. The highest BCUT2D eigenvalue weighted by atomic mass is 16.3. The maximum Gasteiger partial charge on any atom is 0.120 e. The second-order valence-electron chi connectivity index (χ2n) is 13.2. The average molecular weight is 653 g/mol. The van der Waals surface area contributed by atoms with Crippen LogP contribution in [0.3, 0.4) is 0 Å². The molecule has 0 aliphatic heterocycles. The van der Waals surface area contributed by atoms with Crippen LogP contribution in [0.1, 0.15) is 44.5 Å². The Morgan fingerprint density at radius 1 is 0.354 bits per heavy atom. The van der Waals surface area contributed by atoms with E-state index in [-0.39, 0.29) is 0 Å². The van der Waals surface area contributed by atoms with Crippen molar-refractivity contribution in [1.82, 2.24) is 19.6 Å². The SMILES string of the molecule is CN(C)Cc1cc(/C=C/c2ccc(O)c(CN(C)C)c2)ccc1O.CN(C)Cc1cc(/C=C\c2ccc(O)c(CN(C)C)c2)ccc1O. The monoisotopic (exact) mass is 652 g/mol. The summed E-state index contributed by atoms with van der Waals surface area (Å²) in [6, 6.07) is 22.5. The maximum absolute atomic E-state index is 9.94. The van der Waals surface area contributed by atoms with E-state index in [0.29, 0.717) is 49.2 Å². The van der Waals surface area contributed by atoms with E-state index in [9.17, 15) is 20.4 Å². The standard InChI is InChI=1S/2C20H26N2O2/c2*1-21(2)13-17-11-15(7-9-19(17)23)5-6-16-8-10-20(24)18(12-16)14-22(3)4/h2*5-12,23-24H,13-14H2,1-4H3/b6-5+;6-5-. The van der Waals surface area contributed by atoms with Gasteiger partial charge in [0.2, 0.25) is 0 Å². The normalized spacial score (nSPS) is 11.8. The molecule has 0 amide bonds. The minimum atomic E-state index is 0.318. The molecule has 4 rings (SSSR count). The van der Waals surface area contributed by atoms with Gasteiger partial charge < -0.3 is 40.0 Å². The first-order valence-electron chi connectivity index (χ1n) is 15.9. The van der Waals surface area contributed by atoms with Gasteiger partial charge in [-0.2, -0.15) is 0 Å². The van der Waals surface area contributed by atoms with Gasteiger partial charge in [-0.25, -0.2) is 0 Å². The third kappa shape index (κ3) is 12.5. The Morgan fingerprint density at radius 3 is 0.708 bits per heavy atom. The fraction of sp³-hybridized carbons (Fsp3) is 0.300. The Bertz CT molecular complexity index is 1450. The number of benzene rings is 4. The van der Waals surface area contributed by atoms with Gasteiger partial charge in [0.1, 0.15) is 23.0 Å². The van der Waals surface area contributed by atoms with Gasteiger partial charge in [-0.05, 0) is 127 Å². The predicted molar refractivity (Wildman–Crippen MR) is 200 cm³/mol. The van der Waals surface area contributed by atoms with Crippen LogP contribution < -0.4 is 0 Å². The topological polar surface area (TPSA) is 93.9 Å². The molecule has 8 nitrogen and oxygen atoms in total. The average Bonchev–Trinajstić information content (AvgIpc) is 3.00. The Labute approximate surface area is 286 Å². The molecule has 0 heterocycles. The summed E-state index contributed by atoms with van der Waals surface area (Å²) in [6.45, 7) is 2.78. The van der Waals surface area contributed by atoms with Crippen LogP contribution in [-0.4, -0.2) is 96.4 Å². The molecule has 0 aromatic heterocycles. The second kappa shape index (κ2) is 18.1. The van der Waals surface area contributed by atoms with Gasteiger partial charge in [0.05, 0.1) is 0 Å². The molecular weight excluding hydrogens is 600 g/mol. The highest BCUT2D eigenvalue weighted by Gasteiger charge is 2.07. The molecule has 0 atom stereocenters. The molecule has 0 saturated heterocycles. The van der Waals surface area contributed by atoms with Crippen LogP contribution in [0.2, 0.25) is 0 Å². The van der Waals surface area contributed by atoms with Crippen LogP contribution in [0, 0.1) is 0 Å². The number of phenolic OH excluding ortho intramolecular Hbond substituents is 4. The van der Waals surface area contributed by atoms with Crippen LogP contribution in [0.5, 0.6) is 23.0 Å². The van der Waals surface area contributed by atoms with E-state index < -0.39 is 0 Å². The number of hydrogen-bond acceptors (Lipinski definition) is 8. The lowest BCUT2D eigenvalue weighted by atomic mass is 10.1. The van der Waals surface area contributed by atoms with Crippen molar-refractivity contribution in [2.75, 3.05) is 56.4 Å². The smallest absolute Gasteiger partial charge is 0.120 e. The first kappa shape index (κ1) is 37.9. The molecule has 48 heavy (non-hydrogen) atoms. The molecule has 0 radical (unpaired) electrons. The summed E-state index contributed by atoms with van der Waals surface area (Å²) in [4.78, 5) is 8.10. The van der Waals surface area contributed by atoms with Crippen LogP contribution in [0.25, 0.3) is 24.3 Å². The minimum absolute atomic E-state index is 0.318. The number of nitrogens with zero attached hydrogens (tertiary/aromatic N) is 4. The van der Waals surface area contributed by atoms with Crippen molar-refractivity contribution in [3.63, 3.8) is 0 Å². The molecule has 0 spiro atoms. The molecule has 8 heteroatoms. The highest BCUT2D eigenvalue weighted by molar-refractivity contribution is 5.72. The molecular formula is C40H52N4O4. The van der Waals surface area contributed by atoms with Gasteiger partial charge in [0, 0.05) is 48.4 Å². The molecule has 0 bridgehead atoms. The molecule has 4 aromatic rings. The predicted octanol–water partition coefficient (Wildman–Crippen LogP) is 6.78. The third-order valence-electron chi connectivity index (χ3n) is 7.30. The lowest BCUT2D eigenvalue weighted by Gasteiger charge is -2.12. The van der Waals surface area contributed by atoms with E-state index in [4.69, 9.17) is 0 Å². The van der Waals surface area contributed by atoms with E-state index in [1.807, 2.05) is 149 Å². The molecule has 0 aliphatic rings. The minimum Gasteiger partial charge on any atom is -0.508 e. The number of rotatable bonds is 12. The molecule has 0 aliphatic carbocycles. The number of phenols is 4. The van der Waals surface area contributed by atoms with Crippen LogP contribution in [0.4, 0.5) is 0 Å². The molecule has 4 N–H and O–H groups in total. The molecule has 0 saturated carbocycles. The van der Waals surface area contributed by atoms with E-state index in [2.05, 4.69) is 0 Å². The first-order valence-corrected chi connectivity index (χ1v) is 15.9. The highest BCUT2D eigenvalue weighted by Crippen LogP contribution is 2.25. The molecule has 0 fully saturated rings. The summed E-state index contributed by atoms with van der Waals surface area (Å²) in [5.41, 5.74) is 7.75. The van der Waals surface area contributed by atoms with E-state index in [0.717, 1.165) is 44.5 Å². The summed E-state index contributed by atoms with van der Waals surface area (Å²) in [7, 11) is 15.8. The second-order valence-corrected chi connectivity index (χ2v) is 13.2. The summed E-state index contributed by atoms with van der Waals surface area (Å²) in [6.07, 6.45) is 8.07. The summed E-state index contributed by atoms with van der Waals surface area (Å²) >= 11 is 0. The van der Waals surface area contributed by atoms with Crippen molar-refractivity contribution in [2.45, 2.75) is 26.2 Å². The maximum atomic E-state index is 9.94. The Balaban J connectivity index is 0.000000260. The van der Waals surface area contributed by atoms with E-state index in [1.54, 1.807) is 24.3 Å². The van der Waals surface area contributed by atoms with Gasteiger partial charge in [-0.15, -0.1) is 0 Å². The van der Waals surface area contributed by atoms with Crippen molar-refractivity contribution in [3.05, 3.63) is 117 Å². The number of hydrogen-bond donors (Lipinski definition) is 4. The van der Waals surface area contributed by atoms with Crippen LogP contribution >= 0.6 is 0 Å². The molecule has 0 unspecified atom stereocenters. The van der Waals surface area contributed by atoms with Crippen LogP contribution in [0.15, 0.2) is 72.8 Å². The third-order valence-corrected chi connectivity index (χ3v) is 7.30. The summed E-state index contributed by atoms with van der Waals surface area (Å²) in [5, 5.41) is 39.7. The first-order chi connectivity index (χ1) is 22.7. The number of aromatic hydroxyl groups is 4. The fourth-order valence-electron chi connectivity index (χ4n) is 5.09. The zero-order chi connectivity index (χ0) is 35.4. The van der Waals surface area contributed by atoms with Gasteiger partial charge in [-0.1, -0.05) is 48.6 Å². The zero-order valence-electron chi connectivity index (χ0n) is 29.6. The Kier molecular flexibility index (Phi) is 14.3. The van der Waals surface area contributed by atoms with Gasteiger partial charge in [0.15, 0.2) is 0 Å². The Hall–Kier alpha value is -4.60. The van der Waals surface area contributed by atoms with Crippen LogP contribution in [-0.2, 0) is 26.2 Å². The van der Waals surface area contributed by atoms with E-state index >= 15 is 0 Å². The van der Waals surface area contributed by atoms with Crippen molar-refractivity contribution < 1.29 is 20.4 Å². The Morgan fingerprint density at radius 2 is 0.542 bits per heavy atom. The largest absolute Gasteiger partial charge is 0.508 e. The van der Waals surface area contributed by atoms with Gasteiger partial charge >= 0.3 is 0 Å². The van der Waals surface area contributed by atoms with Crippen molar-refractivity contribution >= 4 is 24.3 Å².